The van der Waals surface area contributed by atoms with Crippen LogP contribution in [0.25, 0.3) is 0 Å². The number of aromatic nitrogens is 2. The van der Waals surface area contributed by atoms with Gasteiger partial charge in [-0.2, -0.15) is 0 Å². The van der Waals surface area contributed by atoms with E-state index in [1.165, 1.54) is 19.2 Å². The maximum Gasteiger partial charge on any atom is 0.217 e. The van der Waals surface area contributed by atoms with Crippen LogP contribution in [0.4, 0.5) is 0 Å². The maximum atomic E-state index is 5.43. The summed E-state index contributed by atoms with van der Waals surface area (Å²) in [5.74, 6) is 1.42. The third-order valence-electron chi connectivity index (χ3n) is 1.77. The Morgan fingerprint density at radius 3 is 3.00 bits per heavy atom. The van der Waals surface area contributed by atoms with Crippen molar-refractivity contribution in [2.75, 3.05) is 6.61 Å². The number of hydrogen-bond donors (Lipinski definition) is 0. The molecule has 0 spiro atoms. The molecule has 0 amide bonds. The molecule has 1 aliphatic carbocycles. The van der Waals surface area contributed by atoms with Crippen LogP contribution in [0.1, 0.15) is 12.8 Å². The summed E-state index contributed by atoms with van der Waals surface area (Å²) in [6.45, 7) is 0.795. The normalized spacial score (nSPS) is 16.1. The van der Waals surface area contributed by atoms with Crippen LogP contribution in [-0.4, -0.2) is 16.6 Å². The summed E-state index contributed by atoms with van der Waals surface area (Å²) in [6, 6.07) is 1.78. The summed E-state index contributed by atoms with van der Waals surface area (Å²) in [7, 11) is 0. The molecule has 0 atom stereocenters. The molecule has 0 aromatic carbocycles. The van der Waals surface area contributed by atoms with Crippen LogP contribution in [0.3, 0.4) is 0 Å². The highest BCUT2D eigenvalue weighted by atomic mass is 79.9. The van der Waals surface area contributed by atoms with Gasteiger partial charge in [-0.25, -0.2) is 9.97 Å². The van der Waals surface area contributed by atoms with E-state index in [4.69, 9.17) is 4.74 Å². The quantitative estimate of drug-likeness (QED) is 0.743. The first-order valence-corrected chi connectivity index (χ1v) is 4.74. The molecule has 1 saturated carbocycles. The van der Waals surface area contributed by atoms with Gasteiger partial charge in [0, 0.05) is 6.07 Å². The number of halogens is 1. The molecular formula is C8H9BrN2O. The van der Waals surface area contributed by atoms with Gasteiger partial charge in [-0.05, 0) is 34.7 Å². The van der Waals surface area contributed by atoms with Crippen LogP contribution in [0.15, 0.2) is 17.0 Å². The van der Waals surface area contributed by atoms with Crippen molar-refractivity contribution in [2.24, 2.45) is 5.92 Å². The molecule has 0 radical (unpaired) electrons. The molecule has 1 aromatic rings. The monoisotopic (exact) mass is 228 g/mol. The Kier molecular flexibility index (Phi) is 2.26. The largest absolute Gasteiger partial charge is 0.477 e. The van der Waals surface area contributed by atoms with Crippen LogP contribution in [-0.2, 0) is 0 Å². The first-order valence-electron chi connectivity index (χ1n) is 3.95. The highest BCUT2D eigenvalue weighted by molar-refractivity contribution is 9.10. The lowest BCUT2D eigenvalue weighted by molar-refractivity contribution is 0.287. The van der Waals surface area contributed by atoms with Gasteiger partial charge in [-0.3, -0.25) is 0 Å². The van der Waals surface area contributed by atoms with Crippen molar-refractivity contribution in [1.29, 1.82) is 0 Å². The Morgan fingerprint density at radius 1 is 1.50 bits per heavy atom. The smallest absolute Gasteiger partial charge is 0.217 e. The molecular weight excluding hydrogens is 220 g/mol. The second-order valence-corrected chi connectivity index (χ2v) is 3.75. The van der Waals surface area contributed by atoms with E-state index in [9.17, 15) is 0 Å². The average Bonchev–Trinajstić information content (AvgIpc) is 2.84. The van der Waals surface area contributed by atoms with E-state index in [2.05, 4.69) is 25.9 Å². The van der Waals surface area contributed by atoms with Crippen molar-refractivity contribution in [2.45, 2.75) is 12.8 Å². The van der Waals surface area contributed by atoms with Crippen molar-refractivity contribution in [3.63, 3.8) is 0 Å². The minimum absolute atomic E-state index is 0.656. The Morgan fingerprint density at radius 2 is 2.33 bits per heavy atom. The van der Waals surface area contributed by atoms with E-state index in [0.29, 0.717) is 5.88 Å². The molecule has 3 nitrogen and oxygen atoms in total. The Bertz CT molecular complexity index is 276. The lowest BCUT2D eigenvalue weighted by atomic mass is 10.5. The summed E-state index contributed by atoms with van der Waals surface area (Å²) < 4.78 is 6.20. The predicted octanol–water partition coefficient (Wildman–Crippen LogP) is 2.03. The van der Waals surface area contributed by atoms with Gasteiger partial charge in [0.15, 0.2) is 0 Å². The Labute approximate surface area is 79.3 Å². The zero-order valence-corrected chi connectivity index (χ0v) is 8.12. The van der Waals surface area contributed by atoms with E-state index in [1.807, 2.05) is 0 Å². The molecule has 1 aliphatic rings. The number of ether oxygens (including phenoxy) is 1. The van der Waals surface area contributed by atoms with Crippen molar-refractivity contribution < 1.29 is 4.74 Å². The van der Waals surface area contributed by atoms with E-state index >= 15 is 0 Å². The third-order valence-corrected chi connectivity index (χ3v) is 2.21. The minimum Gasteiger partial charge on any atom is -0.477 e. The van der Waals surface area contributed by atoms with E-state index in [1.54, 1.807) is 6.07 Å². The van der Waals surface area contributed by atoms with E-state index in [-0.39, 0.29) is 0 Å². The number of hydrogen-bond acceptors (Lipinski definition) is 3. The predicted molar refractivity (Wildman–Crippen MR) is 48.0 cm³/mol. The zero-order chi connectivity index (χ0) is 8.39. The highest BCUT2D eigenvalue weighted by Gasteiger charge is 2.22. The van der Waals surface area contributed by atoms with Crippen LogP contribution in [0, 0.1) is 5.92 Å². The van der Waals surface area contributed by atoms with Gasteiger partial charge in [-0.1, -0.05) is 0 Å². The van der Waals surface area contributed by atoms with Crippen LogP contribution in [0.5, 0.6) is 5.88 Å². The van der Waals surface area contributed by atoms with Gasteiger partial charge in [0.2, 0.25) is 5.88 Å². The van der Waals surface area contributed by atoms with Crippen molar-refractivity contribution in [3.05, 3.63) is 17.0 Å². The standard InChI is InChI=1S/C8H9BrN2O/c9-7-3-8(11-5-10-7)12-4-6-1-2-6/h3,5-6H,1-2,4H2. The SMILES string of the molecule is Brc1cc(OCC2CC2)ncn1. The fraction of sp³-hybridized carbons (Fsp3) is 0.500. The second kappa shape index (κ2) is 3.39. The molecule has 0 N–H and O–H groups in total. The molecule has 64 valence electrons. The summed E-state index contributed by atoms with van der Waals surface area (Å²) in [4.78, 5) is 7.88. The number of nitrogens with zero attached hydrogens (tertiary/aromatic N) is 2. The summed E-state index contributed by atoms with van der Waals surface area (Å²) in [5, 5.41) is 0. The molecule has 1 aromatic heterocycles. The van der Waals surface area contributed by atoms with E-state index < -0.39 is 0 Å². The van der Waals surface area contributed by atoms with Gasteiger partial charge in [-0.15, -0.1) is 0 Å². The lowest BCUT2D eigenvalue weighted by Crippen LogP contribution is -2.00. The molecule has 0 unspecified atom stereocenters. The molecule has 12 heavy (non-hydrogen) atoms. The zero-order valence-electron chi connectivity index (χ0n) is 6.53. The summed E-state index contributed by atoms with van der Waals surface area (Å²) in [6.07, 6.45) is 4.09. The maximum absolute atomic E-state index is 5.43. The molecule has 0 bridgehead atoms. The van der Waals surface area contributed by atoms with Crippen LogP contribution < -0.4 is 4.74 Å². The molecule has 1 heterocycles. The third kappa shape index (κ3) is 2.17. The van der Waals surface area contributed by atoms with Gasteiger partial charge in [0.1, 0.15) is 10.9 Å². The average molecular weight is 229 g/mol. The Hall–Kier alpha value is -0.640. The van der Waals surface area contributed by atoms with Gasteiger partial charge in [0.05, 0.1) is 6.61 Å². The highest BCUT2D eigenvalue weighted by Crippen LogP contribution is 2.29. The summed E-state index contributed by atoms with van der Waals surface area (Å²) >= 11 is 3.25. The van der Waals surface area contributed by atoms with Crippen molar-refractivity contribution in [1.82, 2.24) is 9.97 Å². The van der Waals surface area contributed by atoms with Crippen molar-refractivity contribution in [3.8, 4) is 5.88 Å². The molecule has 4 heteroatoms. The molecule has 2 rings (SSSR count). The van der Waals surface area contributed by atoms with E-state index in [0.717, 1.165) is 17.1 Å². The minimum atomic E-state index is 0.656. The molecule has 1 fully saturated rings. The fourth-order valence-corrected chi connectivity index (χ4v) is 1.17. The van der Waals surface area contributed by atoms with Gasteiger partial charge in [0.25, 0.3) is 0 Å². The first-order chi connectivity index (χ1) is 5.84. The van der Waals surface area contributed by atoms with Crippen LogP contribution in [0.2, 0.25) is 0 Å². The fourth-order valence-electron chi connectivity index (χ4n) is 0.884. The Balaban J connectivity index is 1.92. The van der Waals surface area contributed by atoms with Crippen molar-refractivity contribution >= 4 is 15.9 Å². The van der Waals surface area contributed by atoms with Gasteiger partial charge >= 0.3 is 0 Å². The first kappa shape index (κ1) is 7.98. The summed E-state index contributed by atoms with van der Waals surface area (Å²) in [5.41, 5.74) is 0. The lowest BCUT2D eigenvalue weighted by Gasteiger charge is -2.02. The molecule has 0 saturated heterocycles. The molecule has 0 aliphatic heterocycles. The second-order valence-electron chi connectivity index (χ2n) is 2.93. The van der Waals surface area contributed by atoms with Crippen LogP contribution >= 0.6 is 15.9 Å². The number of rotatable bonds is 3. The van der Waals surface area contributed by atoms with Gasteiger partial charge < -0.3 is 4.74 Å². The topological polar surface area (TPSA) is 35.0 Å².